The van der Waals surface area contributed by atoms with Crippen molar-refractivity contribution in [2.45, 2.75) is 26.2 Å². The lowest BCUT2D eigenvalue weighted by Crippen LogP contribution is -2.40. The predicted octanol–water partition coefficient (Wildman–Crippen LogP) is 7.94. The van der Waals surface area contributed by atoms with Crippen molar-refractivity contribution in [2.75, 3.05) is 26.3 Å². The Morgan fingerprint density at radius 1 is 0.941 bits per heavy atom. The van der Waals surface area contributed by atoms with Crippen molar-refractivity contribution in [2.24, 2.45) is 5.92 Å². The number of hydrogen-bond acceptors (Lipinski definition) is 1. The SMILES string of the molecule is CC1CCc2ccccc2C(c2ccc(C=C3CN(CCCF)C3)cc2)=C1c1ccc(Cl)cc1. The number of alkyl halides is 1. The first-order valence-electron chi connectivity index (χ1n) is 12.3. The Hall–Kier alpha value is -2.68. The lowest BCUT2D eigenvalue weighted by atomic mass is 9.84. The van der Waals surface area contributed by atoms with Crippen LogP contribution in [0.15, 0.2) is 78.4 Å². The van der Waals surface area contributed by atoms with Gasteiger partial charge in [0.15, 0.2) is 0 Å². The summed E-state index contributed by atoms with van der Waals surface area (Å²) in [6.45, 7) is 4.88. The van der Waals surface area contributed by atoms with E-state index in [9.17, 15) is 4.39 Å². The molecule has 1 aliphatic carbocycles. The molecule has 1 nitrogen and oxygen atoms in total. The third kappa shape index (κ3) is 4.89. The van der Waals surface area contributed by atoms with E-state index in [2.05, 4.69) is 78.6 Å². The molecule has 3 aromatic rings. The summed E-state index contributed by atoms with van der Waals surface area (Å²) < 4.78 is 12.4. The highest BCUT2D eigenvalue weighted by Gasteiger charge is 2.24. The number of hydrogen-bond donors (Lipinski definition) is 0. The molecule has 0 amide bonds. The van der Waals surface area contributed by atoms with E-state index < -0.39 is 0 Å². The van der Waals surface area contributed by atoms with Crippen molar-refractivity contribution >= 4 is 28.8 Å². The molecule has 0 spiro atoms. The minimum absolute atomic E-state index is 0.230. The molecule has 1 saturated heterocycles. The molecule has 1 fully saturated rings. The van der Waals surface area contributed by atoms with E-state index in [0.717, 1.165) is 37.5 Å². The zero-order valence-electron chi connectivity index (χ0n) is 19.7. The van der Waals surface area contributed by atoms with Gasteiger partial charge in [-0.3, -0.25) is 9.29 Å². The Balaban J connectivity index is 1.52. The normalized spacial score (nSPS) is 18.3. The number of nitrogens with zero attached hydrogens (tertiary/aromatic N) is 1. The van der Waals surface area contributed by atoms with Crippen LogP contribution in [0, 0.1) is 5.92 Å². The second-order valence-electron chi connectivity index (χ2n) is 9.57. The molecule has 0 N–H and O–H groups in total. The molecule has 0 aromatic heterocycles. The Morgan fingerprint density at radius 3 is 2.38 bits per heavy atom. The molecule has 0 saturated carbocycles. The number of likely N-dealkylation sites (tertiary alicyclic amines) is 1. The van der Waals surface area contributed by atoms with Gasteiger partial charge in [0.05, 0.1) is 6.67 Å². The van der Waals surface area contributed by atoms with Gasteiger partial charge in [-0.15, -0.1) is 0 Å². The number of benzene rings is 3. The van der Waals surface area contributed by atoms with Crippen LogP contribution in [0.2, 0.25) is 5.02 Å². The summed E-state index contributed by atoms with van der Waals surface area (Å²) >= 11 is 6.22. The van der Waals surface area contributed by atoms with E-state index in [1.807, 2.05) is 12.1 Å². The van der Waals surface area contributed by atoms with Crippen LogP contribution in [0.3, 0.4) is 0 Å². The summed E-state index contributed by atoms with van der Waals surface area (Å²) in [5.74, 6) is 0.440. The lowest BCUT2D eigenvalue weighted by Gasteiger charge is -2.33. The fourth-order valence-electron chi connectivity index (χ4n) is 5.30. The minimum Gasteiger partial charge on any atom is -0.295 e. The van der Waals surface area contributed by atoms with Gasteiger partial charge in [-0.2, -0.15) is 0 Å². The second kappa shape index (κ2) is 10.3. The summed E-state index contributed by atoms with van der Waals surface area (Å²) in [6.07, 6.45) is 5.13. The number of allylic oxidation sites excluding steroid dienone is 1. The van der Waals surface area contributed by atoms with Gasteiger partial charge in [-0.1, -0.05) is 85.3 Å². The van der Waals surface area contributed by atoms with Crippen molar-refractivity contribution in [3.63, 3.8) is 0 Å². The van der Waals surface area contributed by atoms with E-state index in [-0.39, 0.29) is 6.67 Å². The van der Waals surface area contributed by atoms with E-state index in [1.54, 1.807) is 0 Å². The van der Waals surface area contributed by atoms with Gasteiger partial charge in [0.2, 0.25) is 0 Å². The van der Waals surface area contributed by atoms with Crippen LogP contribution in [0.4, 0.5) is 4.39 Å². The Kier molecular flexibility index (Phi) is 6.99. The van der Waals surface area contributed by atoms with E-state index in [0.29, 0.717) is 12.3 Å². The Bertz CT molecular complexity index is 1200. The van der Waals surface area contributed by atoms with Crippen LogP contribution >= 0.6 is 11.6 Å². The second-order valence-corrected chi connectivity index (χ2v) is 10.0. The predicted molar refractivity (Wildman–Crippen MR) is 143 cm³/mol. The Morgan fingerprint density at radius 2 is 1.65 bits per heavy atom. The average molecular weight is 472 g/mol. The molecule has 0 radical (unpaired) electrons. The van der Waals surface area contributed by atoms with Crippen molar-refractivity contribution in [3.8, 4) is 0 Å². The third-order valence-corrected chi connectivity index (χ3v) is 7.33. The number of rotatable bonds is 6. The molecule has 0 bridgehead atoms. The standard InChI is InChI=1S/C31H31ClFN/c1-22-7-10-25-5-2-3-6-29(25)31(30(22)26-13-15-28(32)16-14-26)27-11-8-23(9-12-27)19-24-20-34(21-24)18-4-17-33/h2-3,5-6,8-9,11-16,19,22H,4,7,10,17-18,20-21H2,1H3. The van der Waals surface area contributed by atoms with Gasteiger partial charge in [0, 0.05) is 24.7 Å². The molecule has 34 heavy (non-hydrogen) atoms. The highest BCUT2D eigenvalue weighted by molar-refractivity contribution is 6.30. The molecule has 1 unspecified atom stereocenters. The van der Waals surface area contributed by atoms with Gasteiger partial charge < -0.3 is 0 Å². The van der Waals surface area contributed by atoms with E-state index in [4.69, 9.17) is 11.6 Å². The van der Waals surface area contributed by atoms with Gasteiger partial charge in [-0.25, -0.2) is 0 Å². The van der Waals surface area contributed by atoms with Crippen LogP contribution < -0.4 is 0 Å². The quantitative estimate of drug-likeness (QED) is 0.352. The van der Waals surface area contributed by atoms with Crippen molar-refractivity contribution in [3.05, 3.63) is 111 Å². The molecule has 1 atom stereocenters. The first-order chi connectivity index (χ1) is 16.6. The first kappa shape index (κ1) is 23.1. The van der Waals surface area contributed by atoms with Crippen LogP contribution in [-0.4, -0.2) is 31.2 Å². The fraction of sp³-hybridized carbons (Fsp3) is 0.290. The fourth-order valence-corrected chi connectivity index (χ4v) is 5.43. The smallest absolute Gasteiger partial charge is 0.0906 e. The molecule has 3 aromatic carbocycles. The first-order valence-corrected chi connectivity index (χ1v) is 12.7. The molecular formula is C31H31ClFN. The molecule has 5 rings (SSSR count). The van der Waals surface area contributed by atoms with E-state index in [1.165, 1.54) is 44.5 Å². The largest absolute Gasteiger partial charge is 0.295 e. The van der Waals surface area contributed by atoms with Crippen molar-refractivity contribution < 1.29 is 4.39 Å². The summed E-state index contributed by atoms with van der Waals surface area (Å²) in [5, 5.41) is 0.768. The van der Waals surface area contributed by atoms with Gasteiger partial charge in [0.1, 0.15) is 0 Å². The van der Waals surface area contributed by atoms with Crippen LogP contribution in [-0.2, 0) is 6.42 Å². The van der Waals surface area contributed by atoms with Crippen LogP contribution in [0.5, 0.6) is 0 Å². The van der Waals surface area contributed by atoms with Crippen molar-refractivity contribution in [1.82, 2.24) is 4.90 Å². The maximum absolute atomic E-state index is 12.4. The lowest BCUT2D eigenvalue weighted by molar-refractivity contribution is 0.239. The van der Waals surface area contributed by atoms with Crippen LogP contribution in [0.25, 0.3) is 17.2 Å². The third-order valence-electron chi connectivity index (χ3n) is 7.08. The molecule has 1 heterocycles. The van der Waals surface area contributed by atoms with Crippen molar-refractivity contribution in [1.29, 1.82) is 0 Å². The van der Waals surface area contributed by atoms with E-state index >= 15 is 0 Å². The molecule has 1 aliphatic heterocycles. The summed E-state index contributed by atoms with van der Waals surface area (Å²) in [6, 6.07) is 26.2. The van der Waals surface area contributed by atoms with Gasteiger partial charge in [-0.05, 0) is 81.8 Å². The monoisotopic (exact) mass is 471 g/mol. The highest BCUT2D eigenvalue weighted by Crippen LogP contribution is 2.42. The molecular weight excluding hydrogens is 441 g/mol. The number of halogens is 2. The molecule has 174 valence electrons. The minimum atomic E-state index is -0.230. The zero-order chi connectivity index (χ0) is 23.5. The molecule has 2 aliphatic rings. The van der Waals surface area contributed by atoms with Crippen LogP contribution in [0.1, 0.15) is 47.6 Å². The summed E-state index contributed by atoms with van der Waals surface area (Å²) in [7, 11) is 0. The summed E-state index contributed by atoms with van der Waals surface area (Å²) in [5.41, 5.74) is 10.6. The van der Waals surface area contributed by atoms with Gasteiger partial charge >= 0.3 is 0 Å². The maximum Gasteiger partial charge on any atom is 0.0906 e. The summed E-state index contributed by atoms with van der Waals surface area (Å²) in [4.78, 5) is 2.30. The number of fused-ring (bicyclic) bond motifs is 1. The number of aryl methyl sites for hydroxylation is 1. The highest BCUT2D eigenvalue weighted by atomic mass is 35.5. The average Bonchev–Trinajstić information content (AvgIpc) is 2.98. The topological polar surface area (TPSA) is 3.24 Å². The van der Waals surface area contributed by atoms with Gasteiger partial charge in [0.25, 0.3) is 0 Å². The zero-order valence-corrected chi connectivity index (χ0v) is 20.5. The Labute approximate surface area is 207 Å². The molecule has 3 heteroatoms. The maximum atomic E-state index is 12.4.